The lowest BCUT2D eigenvalue weighted by molar-refractivity contribution is -0.00718. The van der Waals surface area contributed by atoms with Crippen LogP contribution in [-0.4, -0.2) is 26.3 Å². The highest BCUT2D eigenvalue weighted by Gasteiger charge is 2.47. The molecule has 2 fully saturated rings. The van der Waals surface area contributed by atoms with Gasteiger partial charge in [0.15, 0.2) is 0 Å². The molecule has 2 aromatic carbocycles. The summed E-state index contributed by atoms with van der Waals surface area (Å²) in [4.78, 5) is 2.10. The molecule has 0 aromatic heterocycles. The van der Waals surface area contributed by atoms with Crippen LogP contribution in [0.5, 0.6) is 0 Å². The van der Waals surface area contributed by atoms with Crippen LogP contribution in [0.15, 0.2) is 54.6 Å². The first-order chi connectivity index (χ1) is 20.4. The van der Waals surface area contributed by atoms with Gasteiger partial charge in [0.1, 0.15) is 5.78 Å². The van der Waals surface area contributed by atoms with Gasteiger partial charge in [0.05, 0.1) is 12.2 Å². The molecule has 0 aliphatic heterocycles. The minimum Gasteiger partial charge on any atom is -0.378 e. The van der Waals surface area contributed by atoms with Crippen LogP contribution < -0.4 is 10.2 Å². The third-order valence-electron chi connectivity index (χ3n) is 10.2. The van der Waals surface area contributed by atoms with Crippen molar-refractivity contribution >= 4 is 13.3 Å². The SMILES string of the molecule is CC(C)[C@H]1CC[C@@H](C)C[C@H]1OP(=O)(O[C@@H]1C[C@@H](C)CC[C@@H]1C(C)C)[C@H](N[C@@H](C)c1ccccc1)c1ccc(N(C)C)cc1. The Morgan fingerprint density at radius 2 is 1.21 bits per heavy atom. The Balaban J connectivity index is 1.80. The second-order valence-electron chi connectivity index (χ2n) is 14.7. The average Bonchev–Trinajstić information content (AvgIpc) is 2.96. The van der Waals surface area contributed by atoms with Crippen LogP contribution in [0.2, 0.25) is 0 Å². The summed E-state index contributed by atoms with van der Waals surface area (Å²) in [7, 11) is 0.362. The summed E-state index contributed by atoms with van der Waals surface area (Å²) in [5, 5.41) is 3.80. The molecule has 4 rings (SSSR count). The van der Waals surface area contributed by atoms with Gasteiger partial charge < -0.3 is 13.9 Å². The van der Waals surface area contributed by atoms with E-state index in [1.807, 2.05) is 20.2 Å². The van der Waals surface area contributed by atoms with E-state index in [4.69, 9.17) is 9.05 Å². The molecule has 0 spiro atoms. The molecule has 2 aromatic rings. The molecule has 1 unspecified atom stereocenters. The quantitative estimate of drug-likeness (QED) is 0.242. The van der Waals surface area contributed by atoms with E-state index < -0.39 is 13.4 Å². The largest absolute Gasteiger partial charge is 0.378 e. The summed E-state index contributed by atoms with van der Waals surface area (Å²) in [6.07, 6.45) is 6.26. The number of hydrogen-bond acceptors (Lipinski definition) is 5. The molecule has 2 aliphatic rings. The first kappa shape index (κ1) is 34.2. The highest BCUT2D eigenvalue weighted by molar-refractivity contribution is 7.54. The van der Waals surface area contributed by atoms with Crippen molar-refractivity contribution in [2.24, 2.45) is 35.5 Å². The normalized spacial score (nSPS) is 29.3. The van der Waals surface area contributed by atoms with E-state index in [2.05, 4.69) is 107 Å². The second kappa shape index (κ2) is 15.1. The fourth-order valence-electron chi connectivity index (χ4n) is 7.40. The Kier molecular flexibility index (Phi) is 12.0. The lowest BCUT2D eigenvalue weighted by atomic mass is 9.75. The zero-order chi connectivity index (χ0) is 31.3. The molecule has 1 N–H and O–H groups in total. The van der Waals surface area contributed by atoms with Crippen LogP contribution in [-0.2, 0) is 13.6 Å². The van der Waals surface area contributed by atoms with E-state index in [0.29, 0.717) is 35.5 Å². The van der Waals surface area contributed by atoms with E-state index in [1.54, 1.807) is 0 Å². The van der Waals surface area contributed by atoms with Gasteiger partial charge in [-0.15, -0.1) is 0 Å². The summed E-state index contributed by atoms with van der Waals surface area (Å²) >= 11 is 0. The van der Waals surface area contributed by atoms with Gasteiger partial charge >= 0.3 is 7.60 Å². The molecule has 6 heteroatoms. The lowest BCUT2D eigenvalue weighted by Gasteiger charge is -2.44. The Hall–Kier alpha value is -1.65. The van der Waals surface area contributed by atoms with Gasteiger partial charge in [0, 0.05) is 25.8 Å². The van der Waals surface area contributed by atoms with Crippen LogP contribution >= 0.6 is 7.60 Å². The molecule has 2 aliphatic carbocycles. The monoisotopic (exact) mass is 610 g/mol. The Labute approximate surface area is 263 Å². The van der Waals surface area contributed by atoms with Gasteiger partial charge in [-0.1, -0.05) is 96.8 Å². The van der Waals surface area contributed by atoms with Crippen LogP contribution in [0.1, 0.15) is 110 Å². The number of rotatable bonds is 12. The number of nitrogens with one attached hydrogen (secondary N) is 1. The van der Waals surface area contributed by atoms with Gasteiger partial charge in [0.2, 0.25) is 0 Å². The summed E-state index contributed by atoms with van der Waals surface area (Å²) < 4.78 is 30.0. The molecule has 240 valence electrons. The van der Waals surface area contributed by atoms with Gasteiger partial charge in [-0.2, -0.15) is 0 Å². The molecule has 0 heterocycles. The third-order valence-corrected chi connectivity index (χ3v) is 12.4. The maximum Gasteiger partial charge on any atom is 0.352 e. The van der Waals surface area contributed by atoms with Crippen LogP contribution in [0.4, 0.5) is 5.69 Å². The summed E-state index contributed by atoms with van der Waals surface area (Å²) in [6, 6.07) is 18.8. The van der Waals surface area contributed by atoms with Gasteiger partial charge in [-0.05, 0) is 91.4 Å². The van der Waals surface area contributed by atoms with Crippen molar-refractivity contribution in [2.75, 3.05) is 19.0 Å². The summed E-state index contributed by atoms with van der Waals surface area (Å²) in [5.41, 5.74) is 3.21. The number of anilines is 1. The average molecular weight is 611 g/mol. The van der Waals surface area contributed by atoms with Crippen LogP contribution in [0.3, 0.4) is 0 Å². The predicted octanol–water partition coefficient (Wildman–Crippen LogP) is 10.2. The van der Waals surface area contributed by atoms with Crippen molar-refractivity contribution < 1.29 is 13.6 Å². The molecule has 9 atom stereocenters. The minimum atomic E-state index is -3.73. The Bertz CT molecular complexity index is 1130. The summed E-state index contributed by atoms with van der Waals surface area (Å²) in [6.45, 7) is 15.9. The van der Waals surface area contributed by atoms with E-state index in [9.17, 15) is 0 Å². The third kappa shape index (κ3) is 8.75. The Morgan fingerprint density at radius 1 is 0.721 bits per heavy atom. The van der Waals surface area contributed by atoms with Crippen molar-refractivity contribution in [3.8, 4) is 0 Å². The number of benzene rings is 2. The van der Waals surface area contributed by atoms with Crippen molar-refractivity contribution in [3.63, 3.8) is 0 Å². The molecular formula is C37H59N2O3P. The minimum absolute atomic E-state index is 0.0439. The molecule has 5 nitrogen and oxygen atoms in total. The highest BCUT2D eigenvalue weighted by Crippen LogP contribution is 2.65. The first-order valence-corrected chi connectivity index (χ1v) is 18.5. The van der Waals surface area contributed by atoms with Crippen molar-refractivity contribution in [2.45, 2.75) is 111 Å². The predicted molar refractivity (Wildman–Crippen MR) is 182 cm³/mol. The number of hydrogen-bond donors (Lipinski definition) is 1. The molecule has 0 saturated heterocycles. The van der Waals surface area contributed by atoms with Gasteiger partial charge in [-0.3, -0.25) is 9.88 Å². The van der Waals surface area contributed by atoms with E-state index in [1.165, 1.54) is 12.8 Å². The van der Waals surface area contributed by atoms with Crippen LogP contribution in [0, 0.1) is 35.5 Å². The number of nitrogens with zero attached hydrogens (tertiary/aromatic N) is 1. The standard InChI is InChI=1S/C37H59N2O3P/c1-25(2)33-21-15-27(5)23-35(33)41-43(40,42-36-24-28(6)16-22-34(36)26(3)4)37(31-17-19-32(20-18-31)39(8)9)38-29(7)30-13-11-10-12-14-30/h10-14,17-20,25-29,33-38H,15-16,21-24H2,1-9H3/t27-,28+,29-,33+,34+,35+,36+,37-,43?/m0/s1. The topological polar surface area (TPSA) is 50.8 Å². The van der Waals surface area contributed by atoms with Gasteiger partial charge in [-0.25, -0.2) is 0 Å². The smallest absolute Gasteiger partial charge is 0.352 e. The maximum atomic E-state index is 15.9. The van der Waals surface area contributed by atoms with E-state index in [-0.39, 0.29) is 18.2 Å². The van der Waals surface area contributed by atoms with E-state index >= 15 is 4.57 Å². The van der Waals surface area contributed by atoms with Crippen molar-refractivity contribution in [1.82, 2.24) is 5.32 Å². The van der Waals surface area contributed by atoms with E-state index in [0.717, 1.165) is 42.5 Å². The van der Waals surface area contributed by atoms with Crippen LogP contribution in [0.25, 0.3) is 0 Å². The molecule has 0 bridgehead atoms. The Morgan fingerprint density at radius 3 is 1.65 bits per heavy atom. The zero-order valence-electron chi connectivity index (χ0n) is 28.3. The molecule has 43 heavy (non-hydrogen) atoms. The summed E-state index contributed by atoms with van der Waals surface area (Å²) in [5.74, 6) is 2.14. The fraction of sp³-hybridized carbons (Fsp3) is 0.676. The van der Waals surface area contributed by atoms with Crippen molar-refractivity contribution in [3.05, 3.63) is 65.7 Å². The molecular weight excluding hydrogens is 551 g/mol. The molecule has 0 amide bonds. The first-order valence-electron chi connectivity index (χ1n) is 16.9. The van der Waals surface area contributed by atoms with Gasteiger partial charge in [0.25, 0.3) is 0 Å². The lowest BCUT2D eigenvalue weighted by Crippen LogP contribution is -2.38. The highest BCUT2D eigenvalue weighted by atomic mass is 31.2. The molecule has 0 radical (unpaired) electrons. The second-order valence-corrected chi connectivity index (χ2v) is 16.7. The van der Waals surface area contributed by atoms with Crippen molar-refractivity contribution in [1.29, 1.82) is 0 Å². The maximum absolute atomic E-state index is 15.9. The fourth-order valence-corrected chi connectivity index (χ4v) is 9.87. The zero-order valence-corrected chi connectivity index (χ0v) is 29.2. The molecule has 2 saturated carbocycles.